The highest BCUT2D eigenvalue weighted by Crippen LogP contribution is 2.46. The van der Waals surface area contributed by atoms with Crippen LogP contribution < -0.4 is 5.73 Å². The fraction of sp³-hybridized carbons (Fsp3) is 0.812. The molecule has 1 aromatic heterocycles. The van der Waals surface area contributed by atoms with Gasteiger partial charge in [0.1, 0.15) is 0 Å². The van der Waals surface area contributed by atoms with E-state index in [1.54, 1.807) is 0 Å². The van der Waals surface area contributed by atoms with E-state index < -0.39 is 0 Å². The summed E-state index contributed by atoms with van der Waals surface area (Å²) in [6, 6.07) is 2.60. The van der Waals surface area contributed by atoms with Gasteiger partial charge in [-0.2, -0.15) is 5.10 Å². The lowest BCUT2D eigenvalue weighted by molar-refractivity contribution is 0.107. The number of hydrogen-bond acceptors (Lipinski definition) is 2. The molecule has 0 radical (unpaired) electrons. The predicted octanol–water partition coefficient (Wildman–Crippen LogP) is 3.55. The highest BCUT2D eigenvalue weighted by atomic mass is 15.3. The molecular formula is C16H29N3. The molecule has 108 valence electrons. The molecule has 19 heavy (non-hydrogen) atoms. The largest absolute Gasteiger partial charge is 0.330 e. The van der Waals surface area contributed by atoms with Crippen molar-refractivity contribution < 1.29 is 0 Å². The van der Waals surface area contributed by atoms with Crippen LogP contribution in [0, 0.1) is 10.8 Å². The van der Waals surface area contributed by atoms with Crippen molar-refractivity contribution in [2.45, 2.75) is 65.8 Å². The second kappa shape index (κ2) is 5.28. The first-order valence-corrected chi connectivity index (χ1v) is 7.60. The summed E-state index contributed by atoms with van der Waals surface area (Å²) in [5.74, 6) is 0. The first kappa shape index (κ1) is 14.6. The Balaban J connectivity index is 2.06. The van der Waals surface area contributed by atoms with E-state index in [-0.39, 0.29) is 5.41 Å². The summed E-state index contributed by atoms with van der Waals surface area (Å²) in [6.07, 6.45) is 8.19. The molecule has 0 atom stereocenters. The fourth-order valence-electron chi connectivity index (χ4n) is 3.05. The molecule has 1 heterocycles. The molecule has 0 amide bonds. The number of rotatable bonds is 4. The fourth-order valence-corrected chi connectivity index (χ4v) is 3.05. The normalized spacial score (nSPS) is 21.8. The summed E-state index contributed by atoms with van der Waals surface area (Å²) in [5, 5.41) is 4.69. The maximum absolute atomic E-state index is 6.11. The molecule has 2 N–H and O–H groups in total. The minimum Gasteiger partial charge on any atom is -0.330 e. The maximum atomic E-state index is 6.11. The van der Waals surface area contributed by atoms with Crippen LogP contribution >= 0.6 is 0 Å². The van der Waals surface area contributed by atoms with Crippen molar-refractivity contribution >= 4 is 0 Å². The molecule has 1 fully saturated rings. The first-order valence-electron chi connectivity index (χ1n) is 7.60. The third-order valence-corrected chi connectivity index (χ3v) is 4.85. The second-order valence-corrected chi connectivity index (χ2v) is 7.43. The third-order valence-electron chi connectivity index (χ3n) is 4.85. The van der Waals surface area contributed by atoms with Crippen LogP contribution in [0.4, 0.5) is 0 Å². The molecule has 1 aromatic rings. The molecule has 0 unspecified atom stereocenters. The van der Waals surface area contributed by atoms with Gasteiger partial charge in [0.25, 0.3) is 0 Å². The van der Waals surface area contributed by atoms with Crippen LogP contribution in [-0.4, -0.2) is 16.3 Å². The van der Waals surface area contributed by atoms with Crippen molar-refractivity contribution in [2.75, 3.05) is 6.54 Å². The van der Waals surface area contributed by atoms with Crippen molar-refractivity contribution in [1.29, 1.82) is 0 Å². The number of nitrogens with two attached hydrogens (primary N) is 1. The van der Waals surface area contributed by atoms with E-state index in [4.69, 9.17) is 10.8 Å². The van der Waals surface area contributed by atoms with Gasteiger partial charge in [-0.3, -0.25) is 4.68 Å². The topological polar surface area (TPSA) is 43.8 Å². The van der Waals surface area contributed by atoms with Gasteiger partial charge in [-0.15, -0.1) is 0 Å². The predicted molar refractivity (Wildman–Crippen MR) is 80.1 cm³/mol. The summed E-state index contributed by atoms with van der Waals surface area (Å²) in [7, 11) is 0. The zero-order valence-electron chi connectivity index (χ0n) is 12.9. The van der Waals surface area contributed by atoms with E-state index in [1.165, 1.54) is 31.4 Å². The Hall–Kier alpha value is -0.830. The van der Waals surface area contributed by atoms with Gasteiger partial charge in [0, 0.05) is 12.2 Å². The first-order chi connectivity index (χ1) is 8.86. The van der Waals surface area contributed by atoms with Crippen molar-refractivity contribution in [3.8, 4) is 0 Å². The van der Waals surface area contributed by atoms with E-state index in [0.717, 1.165) is 13.0 Å². The average Bonchev–Trinajstić information content (AvgIpc) is 2.81. The highest BCUT2D eigenvalue weighted by molar-refractivity contribution is 5.06. The number of nitrogens with zero attached hydrogens (tertiary/aromatic N) is 2. The van der Waals surface area contributed by atoms with Gasteiger partial charge < -0.3 is 5.73 Å². The molecule has 2 rings (SSSR count). The molecule has 0 aliphatic heterocycles. The molecule has 1 aliphatic carbocycles. The zero-order valence-corrected chi connectivity index (χ0v) is 12.9. The van der Waals surface area contributed by atoms with Crippen molar-refractivity contribution in [3.05, 3.63) is 18.0 Å². The van der Waals surface area contributed by atoms with Crippen LogP contribution in [0.25, 0.3) is 0 Å². The maximum Gasteiger partial charge on any atom is 0.0630 e. The van der Waals surface area contributed by atoms with Gasteiger partial charge in [0.05, 0.1) is 5.69 Å². The van der Waals surface area contributed by atoms with E-state index in [0.29, 0.717) is 11.5 Å². The molecule has 1 aliphatic rings. The Morgan fingerprint density at radius 3 is 2.37 bits per heavy atom. The molecule has 0 aromatic carbocycles. The SMILES string of the molecule is CC(C)n1ccc(CC2(CN)CCC(C)(C)CC2)n1. The van der Waals surface area contributed by atoms with E-state index in [9.17, 15) is 0 Å². The molecule has 0 spiro atoms. The van der Waals surface area contributed by atoms with Crippen LogP contribution in [0.1, 0.15) is 65.1 Å². The van der Waals surface area contributed by atoms with E-state index in [1.807, 2.05) is 4.68 Å². The third kappa shape index (κ3) is 3.38. The average molecular weight is 263 g/mol. The number of hydrogen-bond donors (Lipinski definition) is 1. The Morgan fingerprint density at radius 1 is 1.26 bits per heavy atom. The van der Waals surface area contributed by atoms with Crippen LogP contribution in [0.5, 0.6) is 0 Å². The lowest BCUT2D eigenvalue weighted by Crippen LogP contribution is -2.39. The zero-order chi connectivity index (χ0) is 14.1. The lowest BCUT2D eigenvalue weighted by Gasteiger charge is -2.43. The van der Waals surface area contributed by atoms with Gasteiger partial charge >= 0.3 is 0 Å². The molecule has 1 saturated carbocycles. The smallest absolute Gasteiger partial charge is 0.0630 e. The molecule has 3 heteroatoms. The van der Waals surface area contributed by atoms with E-state index >= 15 is 0 Å². The van der Waals surface area contributed by atoms with Gasteiger partial charge in [0.2, 0.25) is 0 Å². The van der Waals surface area contributed by atoms with Crippen LogP contribution in [-0.2, 0) is 6.42 Å². The summed E-state index contributed by atoms with van der Waals surface area (Å²) in [6.45, 7) is 9.87. The number of aromatic nitrogens is 2. The quantitative estimate of drug-likeness (QED) is 0.902. The van der Waals surface area contributed by atoms with Gasteiger partial charge in [-0.25, -0.2) is 0 Å². The minimum absolute atomic E-state index is 0.283. The van der Waals surface area contributed by atoms with Gasteiger partial charge in [-0.05, 0) is 69.4 Å². The Morgan fingerprint density at radius 2 is 1.89 bits per heavy atom. The van der Waals surface area contributed by atoms with E-state index in [2.05, 4.69) is 40.0 Å². The van der Waals surface area contributed by atoms with Crippen LogP contribution in [0.3, 0.4) is 0 Å². The second-order valence-electron chi connectivity index (χ2n) is 7.43. The minimum atomic E-state index is 0.283. The monoisotopic (exact) mass is 263 g/mol. The van der Waals surface area contributed by atoms with Crippen LogP contribution in [0.15, 0.2) is 12.3 Å². The summed E-state index contributed by atoms with van der Waals surface area (Å²) in [4.78, 5) is 0. The molecular weight excluding hydrogens is 234 g/mol. The summed E-state index contributed by atoms with van der Waals surface area (Å²) < 4.78 is 2.05. The van der Waals surface area contributed by atoms with Crippen molar-refractivity contribution in [3.63, 3.8) is 0 Å². The molecule has 0 bridgehead atoms. The van der Waals surface area contributed by atoms with Crippen molar-refractivity contribution in [2.24, 2.45) is 16.6 Å². The van der Waals surface area contributed by atoms with Crippen molar-refractivity contribution in [1.82, 2.24) is 9.78 Å². The molecule has 3 nitrogen and oxygen atoms in total. The lowest BCUT2D eigenvalue weighted by atomic mass is 9.63. The Labute approximate surface area is 117 Å². The van der Waals surface area contributed by atoms with Gasteiger partial charge in [0.15, 0.2) is 0 Å². The Bertz CT molecular complexity index is 407. The molecule has 0 saturated heterocycles. The summed E-state index contributed by atoms with van der Waals surface area (Å²) in [5.41, 5.74) is 8.09. The summed E-state index contributed by atoms with van der Waals surface area (Å²) >= 11 is 0. The standard InChI is InChI=1S/C16H29N3/c1-13(2)19-10-5-14(18-19)11-16(12-17)8-6-15(3,4)7-9-16/h5,10,13H,6-9,11-12,17H2,1-4H3. The van der Waals surface area contributed by atoms with Crippen LogP contribution in [0.2, 0.25) is 0 Å². The Kier molecular flexibility index (Phi) is 4.05. The van der Waals surface area contributed by atoms with Gasteiger partial charge in [-0.1, -0.05) is 13.8 Å². The highest BCUT2D eigenvalue weighted by Gasteiger charge is 2.37.